The second-order valence-electron chi connectivity index (χ2n) is 8.59. The molecular weight excluding hydrogens is 432 g/mol. The van der Waals surface area contributed by atoms with Gasteiger partial charge < -0.3 is 0 Å². The van der Waals surface area contributed by atoms with E-state index in [1.165, 1.54) is 50.3 Å². The predicted octanol–water partition coefficient (Wildman–Crippen LogP) is 9.42. The molecule has 0 fully saturated rings. The van der Waals surface area contributed by atoms with Crippen LogP contribution in [0.15, 0.2) is 61.3 Å². The molecule has 3 rings (SSSR count). The Hall–Kier alpha value is -2.78. The number of aryl methyl sites for hydroxylation is 6. The molecule has 0 spiro atoms. The van der Waals surface area contributed by atoms with Crippen LogP contribution in [0.25, 0.3) is 11.1 Å². The maximum absolute atomic E-state index is 4.27. The first-order chi connectivity index (χ1) is 16.2. The number of rotatable bonds is 6. The van der Waals surface area contributed by atoms with Gasteiger partial charge in [-0.1, -0.05) is 48.6 Å². The van der Waals surface area contributed by atoms with Crippen LogP contribution in [0.2, 0.25) is 0 Å². The number of allylic oxidation sites excluding steroid dienone is 4. The summed E-state index contributed by atoms with van der Waals surface area (Å²) in [5.74, 6) is 0. The highest BCUT2D eigenvalue weighted by Gasteiger charge is 2.08. The summed E-state index contributed by atoms with van der Waals surface area (Å²) in [5, 5.41) is 2.23. The molecule has 0 amide bonds. The van der Waals surface area contributed by atoms with Gasteiger partial charge in [-0.3, -0.25) is 0 Å². The molecule has 182 valence electrons. The minimum atomic E-state index is 1.05. The second-order valence-corrected chi connectivity index (χ2v) is 9.68. The Morgan fingerprint density at radius 3 is 1.97 bits per heavy atom. The number of hydrogen-bond donors (Lipinski definition) is 0. The van der Waals surface area contributed by atoms with Gasteiger partial charge in [0.05, 0.1) is 0 Å². The smallest absolute Gasteiger partial charge is 0.115 e. The van der Waals surface area contributed by atoms with E-state index in [4.69, 9.17) is 0 Å². The summed E-state index contributed by atoms with van der Waals surface area (Å²) in [7, 11) is 0. The van der Waals surface area contributed by atoms with Crippen molar-refractivity contribution in [2.75, 3.05) is 0 Å². The zero-order valence-corrected chi connectivity index (χ0v) is 23.3. The van der Waals surface area contributed by atoms with Crippen LogP contribution in [0.1, 0.15) is 77.7 Å². The first-order valence-corrected chi connectivity index (χ1v) is 12.8. The number of hydrogen-bond acceptors (Lipinski definition) is 3. The van der Waals surface area contributed by atoms with Crippen LogP contribution in [0, 0.1) is 34.6 Å². The fourth-order valence-electron chi connectivity index (χ4n) is 3.79. The molecular formula is C31H42N2S. The van der Waals surface area contributed by atoms with Crippen molar-refractivity contribution >= 4 is 22.5 Å². The van der Waals surface area contributed by atoms with Crippen molar-refractivity contribution in [2.45, 2.75) is 74.7 Å². The Kier molecular flexibility index (Phi) is 13.1. The first-order valence-electron chi connectivity index (χ1n) is 11.9. The lowest BCUT2D eigenvalue weighted by Gasteiger charge is -2.08. The second kappa shape index (κ2) is 15.2. The van der Waals surface area contributed by atoms with Crippen molar-refractivity contribution in [1.82, 2.24) is 9.97 Å². The number of thiophene rings is 1. The van der Waals surface area contributed by atoms with Crippen LogP contribution in [-0.2, 0) is 6.42 Å². The molecule has 0 aliphatic rings. The average Bonchev–Trinajstić information content (AvgIpc) is 3.13. The van der Waals surface area contributed by atoms with Crippen molar-refractivity contribution in [1.29, 1.82) is 0 Å². The van der Waals surface area contributed by atoms with Gasteiger partial charge >= 0.3 is 0 Å². The van der Waals surface area contributed by atoms with Gasteiger partial charge in [0, 0.05) is 21.8 Å². The number of benzene rings is 1. The minimum absolute atomic E-state index is 1.05. The van der Waals surface area contributed by atoms with Crippen LogP contribution in [0.5, 0.6) is 0 Å². The fourth-order valence-corrected chi connectivity index (χ4v) is 4.69. The van der Waals surface area contributed by atoms with Crippen molar-refractivity contribution in [3.63, 3.8) is 0 Å². The van der Waals surface area contributed by atoms with Crippen LogP contribution < -0.4 is 0 Å². The molecule has 2 nitrogen and oxygen atoms in total. The van der Waals surface area contributed by atoms with Gasteiger partial charge in [0.15, 0.2) is 0 Å². The molecule has 0 radical (unpaired) electrons. The maximum atomic E-state index is 4.27. The quantitative estimate of drug-likeness (QED) is 0.332. The minimum Gasteiger partial charge on any atom is -0.241 e. The normalized spacial score (nSPS) is 10.5. The molecule has 1 aromatic carbocycles. The largest absolute Gasteiger partial charge is 0.241 e. The Balaban J connectivity index is 0.000000330. The van der Waals surface area contributed by atoms with Gasteiger partial charge in [0.2, 0.25) is 0 Å². The lowest BCUT2D eigenvalue weighted by Crippen LogP contribution is -1.96. The van der Waals surface area contributed by atoms with Gasteiger partial charge in [0.1, 0.15) is 6.33 Å². The molecule has 2 aromatic heterocycles. The fraction of sp³-hybridized carbons (Fsp3) is 0.355. The summed E-state index contributed by atoms with van der Waals surface area (Å²) >= 11 is 1.83. The molecule has 0 bridgehead atoms. The van der Waals surface area contributed by atoms with Gasteiger partial charge in [-0.25, -0.2) is 9.97 Å². The summed E-state index contributed by atoms with van der Waals surface area (Å²) in [4.78, 5) is 9.71. The Morgan fingerprint density at radius 1 is 0.941 bits per heavy atom. The molecule has 3 heteroatoms. The van der Waals surface area contributed by atoms with E-state index in [1.807, 2.05) is 39.0 Å². The van der Waals surface area contributed by atoms with E-state index in [2.05, 4.69) is 86.5 Å². The molecule has 0 unspecified atom stereocenters. The van der Waals surface area contributed by atoms with Crippen LogP contribution in [0.3, 0.4) is 0 Å². The zero-order valence-electron chi connectivity index (χ0n) is 22.5. The summed E-state index contributed by atoms with van der Waals surface area (Å²) in [5.41, 5.74) is 11.4. The third-order valence-corrected chi connectivity index (χ3v) is 6.66. The van der Waals surface area contributed by atoms with E-state index in [0.29, 0.717) is 0 Å². The molecule has 0 aliphatic heterocycles. The first kappa shape index (κ1) is 29.3. The molecule has 0 saturated carbocycles. The van der Waals surface area contributed by atoms with E-state index in [0.717, 1.165) is 24.2 Å². The SMILES string of the molecule is C/C=C(/C)c1c(C)ncnc1C.C=C(CCCc1ccc(C)cc1)c1c(C)csc1C.C=CC. The van der Waals surface area contributed by atoms with E-state index < -0.39 is 0 Å². The molecule has 2 heterocycles. The standard InChI is InChI=1S/C18H22S.C10H14N2.C3H6/c1-13-8-10-17(11-9-13)7-5-6-14(2)18-15(3)12-19-16(18)4;1-5-7(2)10-8(3)11-6-12-9(10)4;1-3-2/h8-12H,2,5-7H2,1,3-4H3;5-6H,1-4H3;3H,1H2,2H3/b;7-5-;. The van der Waals surface area contributed by atoms with E-state index in [-0.39, 0.29) is 0 Å². The van der Waals surface area contributed by atoms with Gasteiger partial charge in [-0.15, -0.1) is 17.9 Å². The average molecular weight is 475 g/mol. The topological polar surface area (TPSA) is 25.8 Å². The monoisotopic (exact) mass is 474 g/mol. The highest BCUT2D eigenvalue weighted by molar-refractivity contribution is 7.10. The maximum Gasteiger partial charge on any atom is 0.115 e. The van der Waals surface area contributed by atoms with Gasteiger partial charge in [-0.05, 0) is 108 Å². The molecule has 0 saturated heterocycles. The Morgan fingerprint density at radius 2 is 1.50 bits per heavy atom. The summed E-state index contributed by atoms with van der Waals surface area (Å²) in [6.07, 6.45) is 8.85. The highest BCUT2D eigenvalue weighted by Crippen LogP contribution is 2.30. The number of nitrogens with zero attached hydrogens (tertiary/aromatic N) is 2. The van der Waals surface area contributed by atoms with Crippen LogP contribution >= 0.6 is 11.3 Å². The Bertz CT molecular complexity index is 1050. The lowest BCUT2D eigenvalue weighted by atomic mass is 9.98. The third kappa shape index (κ3) is 9.23. The molecule has 0 aliphatic carbocycles. The predicted molar refractivity (Wildman–Crippen MR) is 154 cm³/mol. The van der Waals surface area contributed by atoms with E-state index in [9.17, 15) is 0 Å². The van der Waals surface area contributed by atoms with Crippen molar-refractivity contribution in [3.05, 3.63) is 105 Å². The van der Waals surface area contributed by atoms with Gasteiger partial charge in [-0.2, -0.15) is 0 Å². The van der Waals surface area contributed by atoms with Crippen LogP contribution in [-0.4, -0.2) is 9.97 Å². The molecule has 34 heavy (non-hydrogen) atoms. The zero-order chi connectivity index (χ0) is 25.7. The highest BCUT2D eigenvalue weighted by atomic mass is 32.1. The summed E-state index contributed by atoms with van der Waals surface area (Å²) in [6, 6.07) is 8.85. The van der Waals surface area contributed by atoms with Crippen molar-refractivity contribution in [3.8, 4) is 0 Å². The third-order valence-electron chi connectivity index (χ3n) is 5.63. The molecule has 0 N–H and O–H groups in total. The molecule has 3 aromatic rings. The summed E-state index contributed by atoms with van der Waals surface area (Å²) < 4.78 is 0. The van der Waals surface area contributed by atoms with Gasteiger partial charge in [0.25, 0.3) is 0 Å². The van der Waals surface area contributed by atoms with Crippen molar-refractivity contribution < 1.29 is 0 Å². The van der Waals surface area contributed by atoms with Crippen LogP contribution in [0.4, 0.5) is 0 Å². The van der Waals surface area contributed by atoms with Crippen molar-refractivity contribution in [2.24, 2.45) is 0 Å². The Labute approximate surface area is 212 Å². The lowest BCUT2D eigenvalue weighted by molar-refractivity contribution is 0.853. The molecule has 0 atom stereocenters. The number of aromatic nitrogens is 2. The van der Waals surface area contributed by atoms with E-state index >= 15 is 0 Å². The summed E-state index contributed by atoms with van der Waals surface area (Å²) in [6.45, 7) is 24.2. The van der Waals surface area contributed by atoms with E-state index in [1.54, 1.807) is 12.4 Å².